The highest BCUT2D eigenvalue weighted by atomic mass is 16.3. The van der Waals surface area contributed by atoms with E-state index in [9.17, 15) is 19.8 Å². The lowest BCUT2D eigenvalue weighted by Crippen LogP contribution is -2.42. The van der Waals surface area contributed by atoms with E-state index in [1.54, 1.807) is 0 Å². The molecule has 0 fully saturated rings. The Balaban J connectivity index is 1.72. The van der Waals surface area contributed by atoms with Gasteiger partial charge in [-0.1, -0.05) is 81.1 Å². The van der Waals surface area contributed by atoms with Gasteiger partial charge in [-0.25, -0.2) is 0 Å². The van der Waals surface area contributed by atoms with E-state index in [2.05, 4.69) is 142 Å². The van der Waals surface area contributed by atoms with E-state index in [0.717, 1.165) is 73.9 Å². The maximum absolute atomic E-state index is 13.9. The number of fused-ring (bicyclic) bond motifs is 2. The average Bonchev–Trinajstić information content (AvgIpc) is 3.45. The highest BCUT2D eigenvalue weighted by Crippen LogP contribution is 2.61. The number of hydrogen-bond acceptors (Lipinski definition) is 6. The van der Waals surface area contributed by atoms with Crippen molar-refractivity contribution in [3.05, 3.63) is 35.4 Å². The van der Waals surface area contributed by atoms with Crippen molar-refractivity contribution in [3.63, 3.8) is 0 Å². The number of anilines is 4. The van der Waals surface area contributed by atoms with Crippen LogP contribution in [0.1, 0.15) is 159 Å². The Kier molecular flexibility index (Phi) is 12.7. The van der Waals surface area contributed by atoms with Gasteiger partial charge in [0.05, 0.1) is 11.4 Å². The van der Waals surface area contributed by atoms with E-state index < -0.39 is 0 Å². The first-order chi connectivity index (χ1) is 26.3. The smallest absolute Gasteiger partial charge is 0.290 e. The van der Waals surface area contributed by atoms with Gasteiger partial charge in [0, 0.05) is 70.2 Å². The second-order valence-corrected chi connectivity index (χ2v) is 18.5. The summed E-state index contributed by atoms with van der Waals surface area (Å²) in [7, 11) is 0. The normalized spacial score (nSPS) is 19.4. The molecule has 3 aromatic rings. The molecule has 0 saturated heterocycles. The first kappa shape index (κ1) is 43.2. The van der Waals surface area contributed by atoms with Crippen molar-refractivity contribution in [2.24, 2.45) is 11.8 Å². The van der Waals surface area contributed by atoms with Gasteiger partial charge in [0.15, 0.2) is 5.56 Å². The first-order valence-electron chi connectivity index (χ1n) is 21.7. The highest BCUT2D eigenvalue weighted by molar-refractivity contribution is 6.09. The summed E-state index contributed by atoms with van der Waals surface area (Å²) in [6, 6.07) is 9.08. The maximum atomic E-state index is 13.9. The SMILES string of the molecule is CCCCC(CC)C(=O)Nc1cc2c(cc1-c1c(O)[c+](-c3cc4c(cc3NC(=O)C(CC)CCCC)N(C(C)C)C(C)C4(C)C)[c+]1O)C(C)(C)C(C)N2C(C)C. The summed E-state index contributed by atoms with van der Waals surface area (Å²) in [6.07, 6.45) is 7.03. The minimum Gasteiger partial charge on any atom is -0.458 e. The van der Waals surface area contributed by atoms with E-state index in [4.69, 9.17) is 0 Å². The fraction of sp³-hybridized carbons (Fsp3) is 0.625. The Labute approximate surface area is 338 Å². The van der Waals surface area contributed by atoms with Gasteiger partial charge in [-0.3, -0.25) is 14.9 Å². The molecule has 5 rings (SSSR count). The Bertz CT molecular complexity index is 1740. The van der Waals surface area contributed by atoms with Crippen molar-refractivity contribution in [2.75, 3.05) is 20.4 Å². The predicted molar refractivity (Wildman–Crippen MR) is 236 cm³/mol. The fourth-order valence-corrected chi connectivity index (χ4v) is 9.60. The second-order valence-electron chi connectivity index (χ2n) is 18.5. The largest absolute Gasteiger partial charge is 0.458 e. The van der Waals surface area contributed by atoms with Crippen molar-refractivity contribution in [1.29, 1.82) is 0 Å². The molecular weight excluding hydrogens is 697 g/mol. The lowest BCUT2D eigenvalue weighted by molar-refractivity contribution is -0.121. The molecule has 56 heavy (non-hydrogen) atoms. The minimum atomic E-state index is -0.234. The summed E-state index contributed by atoms with van der Waals surface area (Å²) < 4.78 is 0. The molecule has 0 spiro atoms. The Morgan fingerprint density at radius 1 is 0.732 bits per heavy atom. The number of nitrogens with one attached hydrogen (secondary N) is 2. The second kappa shape index (κ2) is 16.5. The van der Waals surface area contributed by atoms with Crippen LogP contribution in [-0.2, 0) is 20.4 Å². The van der Waals surface area contributed by atoms with E-state index in [-0.39, 0.29) is 70.1 Å². The number of rotatable bonds is 16. The third-order valence-electron chi connectivity index (χ3n) is 13.8. The van der Waals surface area contributed by atoms with E-state index in [0.29, 0.717) is 33.6 Å². The Hall–Kier alpha value is -3.94. The molecule has 0 aromatic heterocycles. The molecule has 0 saturated carbocycles. The summed E-state index contributed by atoms with van der Waals surface area (Å²) in [4.78, 5) is 32.7. The summed E-state index contributed by atoms with van der Waals surface area (Å²) in [6.45, 7) is 30.6. The van der Waals surface area contributed by atoms with Crippen LogP contribution in [0, 0.1) is 11.8 Å². The number of carbonyl (C=O) groups excluding carboxylic acids is 2. The molecule has 0 aliphatic carbocycles. The standard InChI is InChI=1S/C48H70N4O4/c1-15-19-21-31(17-3)45(55)49-37-25-39-35(47(11,12)29(9)51(39)27(5)6)23-33(37)41-43(53)42(44(41)54)34-24-36-40(52(28(7)8)30(10)48(36,13)14)26-38(34)50-46(56)32(18-4)22-20-16-2/h23-32,53H,15-22H2,1-14H3,(H-2,49,50,54,55,56)/p+2. The molecule has 8 nitrogen and oxygen atoms in total. The molecule has 4 unspecified atom stereocenters. The van der Waals surface area contributed by atoms with Crippen molar-refractivity contribution in [1.82, 2.24) is 0 Å². The zero-order valence-electron chi connectivity index (χ0n) is 37.0. The number of amides is 2. The molecule has 2 aliphatic rings. The molecule has 2 amide bonds. The van der Waals surface area contributed by atoms with Crippen LogP contribution in [0.5, 0.6) is 11.5 Å². The molecule has 2 heterocycles. The van der Waals surface area contributed by atoms with E-state index >= 15 is 0 Å². The average molecular weight is 769 g/mol. The third-order valence-corrected chi connectivity index (χ3v) is 13.8. The highest BCUT2D eigenvalue weighted by Gasteiger charge is 2.50. The van der Waals surface area contributed by atoms with Gasteiger partial charge in [-0.2, -0.15) is 0 Å². The molecular formula is C48H72N4O4+2. The molecule has 306 valence electrons. The summed E-state index contributed by atoms with van der Waals surface area (Å²) >= 11 is 0. The van der Waals surface area contributed by atoms with Gasteiger partial charge >= 0.3 is 0 Å². The summed E-state index contributed by atoms with van der Waals surface area (Å²) in [5, 5.41) is 31.1. The van der Waals surface area contributed by atoms with Crippen molar-refractivity contribution in [2.45, 2.75) is 183 Å². The Morgan fingerprint density at radius 2 is 1.16 bits per heavy atom. The number of aromatic hydroxyl groups is 2. The van der Waals surface area contributed by atoms with E-state index in [1.807, 2.05) is 0 Å². The lowest BCUT2D eigenvalue weighted by Gasteiger charge is -2.34. The molecule has 0 radical (unpaired) electrons. The van der Waals surface area contributed by atoms with Crippen molar-refractivity contribution >= 4 is 34.6 Å². The molecule has 3 aromatic carbocycles. The van der Waals surface area contributed by atoms with Crippen LogP contribution < -0.4 is 20.4 Å². The zero-order valence-corrected chi connectivity index (χ0v) is 37.0. The van der Waals surface area contributed by atoms with Gasteiger partial charge in [-0.15, -0.1) is 0 Å². The molecule has 0 bridgehead atoms. The zero-order chi connectivity index (χ0) is 41.6. The van der Waals surface area contributed by atoms with E-state index in [1.165, 1.54) is 0 Å². The fourth-order valence-electron chi connectivity index (χ4n) is 9.60. The number of benzene rings is 2. The number of carbonyl (C=O) groups is 2. The van der Waals surface area contributed by atoms with Crippen molar-refractivity contribution < 1.29 is 19.8 Å². The van der Waals surface area contributed by atoms with Crippen LogP contribution in [-0.4, -0.2) is 46.2 Å². The first-order valence-corrected chi connectivity index (χ1v) is 21.7. The third kappa shape index (κ3) is 7.35. The minimum absolute atomic E-state index is 0.0430. The van der Waals surface area contributed by atoms with Crippen molar-refractivity contribution in [3.8, 4) is 33.8 Å². The maximum Gasteiger partial charge on any atom is 0.290 e. The quantitative estimate of drug-likeness (QED) is 0.108. The van der Waals surface area contributed by atoms with Crippen LogP contribution >= 0.6 is 0 Å². The Morgan fingerprint density at radius 3 is 1.57 bits per heavy atom. The molecule has 2 aliphatic heterocycles. The predicted octanol–water partition coefficient (Wildman–Crippen LogP) is 12.0. The lowest BCUT2D eigenvalue weighted by atomic mass is 9.78. The number of hydrogen-bond donors (Lipinski definition) is 4. The van der Waals surface area contributed by atoms with Gasteiger partial charge in [-0.05, 0) is 84.9 Å². The van der Waals surface area contributed by atoms with Gasteiger partial charge < -0.3 is 25.3 Å². The van der Waals surface area contributed by atoms with Crippen LogP contribution in [0.4, 0.5) is 22.7 Å². The van der Waals surface area contributed by atoms with Crippen LogP contribution in [0.2, 0.25) is 0 Å². The monoisotopic (exact) mass is 769 g/mol. The van der Waals surface area contributed by atoms with Gasteiger partial charge in [0.25, 0.3) is 11.5 Å². The van der Waals surface area contributed by atoms with Crippen LogP contribution in [0.3, 0.4) is 0 Å². The van der Waals surface area contributed by atoms with Crippen LogP contribution in [0.15, 0.2) is 24.3 Å². The molecule has 4 N–H and O–H groups in total. The number of unbranched alkanes of at least 4 members (excludes halogenated alkanes) is 2. The molecule has 4 atom stereocenters. The summed E-state index contributed by atoms with van der Waals surface area (Å²) in [5.74, 6) is -0.467. The topological polar surface area (TPSA) is 105 Å². The van der Waals surface area contributed by atoms with Gasteiger partial charge in [0.2, 0.25) is 22.9 Å². The number of nitrogens with zero attached hydrogens (tertiary/aromatic N) is 2. The van der Waals surface area contributed by atoms with Gasteiger partial charge in [0.1, 0.15) is 11.3 Å². The van der Waals surface area contributed by atoms with Crippen LogP contribution in [0.25, 0.3) is 22.3 Å². The molecule has 8 heteroatoms. The summed E-state index contributed by atoms with van der Waals surface area (Å²) in [5.41, 5.74) is 6.87.